The molecule has 0 bridgehead atoms. The number of carbonyl (C=O) groups is 2. The Morgan fingerprint density at radius 2 is 1.67 bits per heavy atom. The molecule has 148 valence electrons. The Morgan fingerprint density at radius 1 is 1.00 bits per heavy atom. The molecule has 3 aromatic rings. The van der Waals surface area contributed by atoms with Gasteiger partial charge in [-0.3, -0.25) is 4.79 Å². The first-order valence-electron chi connectivity index (χ1n) is 9.54. The third kappa shape index (κ3) is 3.76. The van der Waals surface area contributed by atoms with Gasteiger partial charge in [0, 0.05) is 11.5 Å². The number of benzene rings is 3. The number of amides is 1. The third-order valence-electron chi connectivity index (χ3n) is 5.08. The van der Waals surface area contributed by atoms with Crippen LogP contribution in [0.3, 0.4) is 0 Å². The normalized spacial score (nSPS) is 11.6. The summed E-state index contributed by atoms with van der Waals surface area (Å²) in [5, 5.41) is 12.4. The summed E-state index contributed by atoms with van der Waals surface area (Å²) >= 11 is 0. The van der Waals surface area contributed by atoms with Crippen LogP contribution < -0.4 is 5.32 Å². The molecule has 5 heteroatoms. The molecule has 1 aliphatic rings. The fourth-order valence-corrected chi connectivity index (χ4v) is 3.69. The second-order valence-electron chi connectivity index (χ2n) is 6.84. The highest BCUT2D eigenvalue weighted by Gasteiger charge is 2.28. The van der Waals surface area contributed by atoms with Crippen LogP contribution >= 0.6 is 0 Å². The Bertz CT molecular complexity index is 1130. The number of rotatable bonds is 4. The zero-order valence-electron chi connectivity index (χ0n) is 16.1. The van der Waals surface area contributed by atoms with Crippen LogP contribution in [0.5, 0.6) is 5.75 Å². The highest BCUT2D eigenvalue weighted by Crippen LogP contribution is 2.44. The van der Waals surface area contributed by atoms with Gasteiger partial charge in [-0.1, -0.05) is 72.5 Å². The van der Waals surface area contributed by atoms with Gasteiger partial charge in [0.2, 0.25) is 0 Å². The summed E-state index contributed by atoms with van der Waals surface area (Å²) in [6.45, 7) is 0.255. The van der Waals surface area contributed by atoms with Crippen molar-refractivity contribution in [2.75, 3.05) is 13.2 Å². The number of hydrogen-bond acceptors (Lipinski definition) is 4. The van der Waals surface area contributed by atoms with Crippen molar-refractivity contribution in [3.05, 3.63) is 89.0 Å². The van der Waals surface area contributed by atoms with Gasteiger partial charge in [0.05, 0.1) is 12.1 Å². The molecule has 0 saturated carbocycles. The number of phenolic OH excluding ortho intramolecular Hbond substituents is 1. The summed E-state index contributed by atoms with van der Waals surface area (Å²) in [5.41, 5.74) is 5.16. The van der Waals surface area contributed by atoms with E-state index in [1.165, 1.54) is 17.2 Å². The Morgan fingerprint density at radius 3 is 2.33 bits per heavy atom. The van der Waals surface area contributed by atoms with E-state index in [1.54, 1.807) is 12.1 Å². The van der Waals surface area contributed by atoms with E-state index in [9.17, 15) is 14.7 Å². The van der Waals surface area contributed by atoms with Crippen LogP contribution in [0, 0.1) is 11.8 Å². The molecule has 30 heavy (non-hydrogen) atoms. The fraction of sp³-hybridized carbons (Fsp3) is 0.120. The minimum atomic E-state index is -0.570. The molecule has 2 N–H and O–H groups in total. The maximum absolute atomic E-state index is 12.1. The summed E-state index contributed by atoms with van der Waals surface area (Å²) in [4.78, 5) is 23.2. The molecule has 0 radical (unpaired) electrons. The van der Waals surface area contributed by atoms with Gasteiger partial charge in [-0.15, -0.1) is 0 Å². The molecule has 0 aromatic heterocycles. The lowest BCUT2D eigenvalue weighted by atomic mass is 9.98. The molecule has 1 aliphatic carbocycles. The highest BCUT2D eigenvalue weighted by atomic mass is 16.5. The van der Waals surface area contributed by atoms with E-state index in [2.05, 4.69) is 41.4 Å². The zero-order chi connectivity index (χ0) is 20.9. The molecular formula is C25H19NO4. The van der Waals surface area contributed by atoms with Gasteiger partial charge >= 0.3 is 6.09 Å². The Hall–Kier alpha value is -4.04. The Kier molecular flexibility index (Phi) is 5.49. The standard InChI is InChI=1S/C25H19NO4/c27-15-17-7-5-13-24(28)18(17)12-6-14-26-25(29)30-16-23-21-10-3-1-8-19(21)20-9-2-4-11-22(20)23/h1-5,7-11,13,15,23,28H,14,16H2,(H,26,29). The van der Waals surface area contributed by atoms with Crippen molar-refractivity contribution in [3.63, 3.8) is 0 Å². The van der Waals surface area contributed by atoms with Gasteiger partial charge in [-0.25, -0.2) is 4.79 Å². The zero-order valence-corrected chi connectivity index (χ0v) is 16.1. The maximum atomic E-state index is 12.1. The number of phenols is 1. The molecule has 5 nitrogen and oxygen atoms in total. The predicted molar refractivity (Wildman–Crippen MR) is 113 cm³/mol. The van der Waals surface area contributed by atoms with Crippen LogP contribution in [0.15, 0.2) is 66.7 Å². The smallest absolute Gasteiger partial charge is 0.407 e. The highest BCUT2D eigenvalue weighted by molar-refractivity contribution is 5.81. The molecule has 0 aliphatic heterocycles. The summed E-state index contributed by atoms with van der Waals surface area (Å²) in [5.74, 6) is 5.35. The van der Waals surface area contributed by atoms with E-state index in [-0.39, 0.29) is 30.4 Å². The summed E-state index contributed by atoms with van der Waals surface area (Å²) in [6.07, 6.45) is 0.0574. The minimum absolute atomic E-state index is 0.00866. The number of fused-ring (bicyclic) bond motifs is 3. The molecule has 4 rings (SSSR count). The van der Waals surface area contributed by atoms with Gasteiger partial charge in [-0.05, 0) is 28.3 Å². The van der Waals surface area contributed by atoms with Crippen LogP contribution in [0.25, 0.3) is 11.1 Å². The molecule has 0 saturated heterocycles. The molecule has 0 heterocycles. The first-order chi connectivity index (χ1) is 14.7. The first kappa shape index (κ1) is 19.3. The SMILES string of the molecule is O=Cc1cccc(O)c1C#CCNC(=O)OCC1c2ccccc2-c2ccccc21. The second kappa shape index (κ2) is 8.54. The molecular weight excluding hydrogens is 378 g/mol. The van der Waals surface area contributed by atoms with E-state index in [0.717, 1.165) is 11.1 Å². The van der Waals surface area contributed by atoms with E-state index in [1.807, 2.05) is 24.3 Å². The Labute approximate surface area is 174 Å². The van der Waals surface area contributed by atoms with Gasteiger partial charge in [0.1, 0.15) is 12.4 Å². The molecule has 0 unspecified atom stereocenters. The molecule has 0 fully saturated rings. The van der Waals surface area contributed by atoms with Crippen molar-refractivity contribution < 1.29 is 19.4 Å². The van der Waals surface area contributed by atoms with Crippen LogP contribution in [0.2, 0.25) is 0 Å². The largest absolute Gasteiger partial charge is 0.507 e. The monoisotopic (exact) mass is 397 g/mol. The Balaban J connectivity index is 1.37. The summed E-state index contributed by atoms with van der Waals surface area (Å²) < 4.78 is 5.44. The molecule has 1 amide bonds. The lowest BCUT2D eigenvalue weighted by Gasteiger charge is -2.14. The van der Waals surface area contributed by atoms with Crippen molar-refractivity contribution >= 4 is 12.4 Å². The molecule has 3 aromatic carbocycles. The van der Waals surface area contributed by atoms with Crippen LogP contribution in [0.4, 0.5) is 4.79 Å². The number of carbonyl (C=O) groups excluding carboxylic acids is 2. The first-order valence-corrected chi connectivity index (χ1v) is 9.54. The van der Waals surface area contributed by atoms with E-state index >= 15 is 0 Å². The minimum Gasteiger partial charge on any atom is -0.507 e. The van der Waals surface area contributed by atoms with Crippen LogP contribution in [0.1, 0.15) is 33.0 Å². The maximum Gasteiger partial charge on any atom is 0.407 e. The van der Waals surface area contributed by atoms with E-state index in [4.69, 9.17) is 4.74 Å². The summed E-state index contributed by atoms with van der Waals surface area (Å²) in [6, 6.07) is 20.8. The number of nitrogens with one attached hydrogen (secondary N) is 1. The quantitative estimate of drug-likeness (QED) is 0.514. The van der Waals surface area contributed by atoms with Gasteiger partial charge < -0.3 is 15.2 Å². The molecule has 0 spiro atoms. The number of aldehydes is 1. The van der Waals surface area contributed by atoms with Crippen LogP contribution in [-0.2, 0) is 4.74 Å². The average Bonchev–Trinajstić information content (AvgIpc) is 3.10. The lowest BCUT2D eigenvalue weighted by Crippen LogP contribution is -2.26. The fourth-order valence-electron chi connectivity index (χ4n) is 3.69. The number of ether oxygens (including phenoxy) is 1. The van der Waals surface area contributed by atoms with Crippen LogP contribution in [-0.4, -0.2) is 30.6 Å². The van der Waals surface area contributed by atoms with Crippen molar-refractivity contribution in [3.8, 4) is 28.7 Å². The van der Waals surface area contributed by atoms with Gasteiger partial charge in [0.25, 0.3) is 0 Å². The van der Waals surface area contributed by atoms with Crippen molar-refractivity contribution in [1.29, 1.82) is 0 Å². The topological polar surface area (TPSA) is 75.6 Å². The number of alkyl carbamates (subject to hydrolysis) is 1. The second-order valence-corrected chi connectivity index (χ2v) is 6.84. The van der Waals surface area contributed by atoms with E-state index in [0.29, 0.717) is 11.8 Å². The average molecular weight is 397 g/mol. The van der Waals surface area contributed by atoms with Crippen molar-refractivity contribution in [2.45, 2.75) is 5.92 Å². The van der Waals surface area contributed by atoms with Crippen molar-refractivity contribution in [1.82, 2.24) is 5.32 Å². The number of hydrogen-bond donors (Lipinski definition) is 2. The van der Waals surface area contributed by atoms with Crippen molar-refractivity contribution in [2.24, 2.45) is 0 Å². The van der Waals surface area contributed by atoms with E-state index < -0.39 is 6.09 Å². The van der Waals surface area contributed by atoms with Gasteiger partial charge in [0.15, 0.2) is 6.29 Å². The lowest BCUT2D eigenvalue weighted by molar-refractivity contribution is 0.112. The predicted octanol–water partition coefficient (Wildman–Crippen LogP) is 4.09. The summed E-state index contributed by atoms with van der Waals surface area (Å²) in [7, 11) is 0. The van der Waals surface area contributed by atoms with Gasteiger partial charge in [-0.2, -0.15) is 0 Å². The molecule has 0 atom stereocenters. The number of aromatic hydroxyl groups is 1. The third-order valence-corrected chi connectivity index (χ3v) is 5.08.